The lowest BCUT2D eigenvalue weighted by molar-refractivity contribution is 0.127. The van der Waals surface area contributed by atoms with Gasteiger partial charge in [0.25, 0.3) is 5.56 Å². The van der Waals surface area contributed by atoms with E-state index in [1.54, 1.807) is 7.11 Å². The Kier molecular flexibility index (Phi) is 5.20. The number of fused-ring (bicyclic) bond motifs is 5. The van der Waals surface area contributed by atoms with Crippen LogP contribution in [0.1, 0.15) is 5.56 Å². The van der Waals surface area contributed by atoms with E-state index in [-0.39, 0.29) is 5.56 Å². The smallest absolute Gasteiger partial charge is 0.277 e. The Morgan fingerprint density at radius 2 is 1.62 bits per heavy atom. The van der Waals surface area contributed by atoms with Crippen LogP contribution in [0.2, 0.25) is 0 Å². The lowest BCUT2D eigenvalue weighted by Gasteiger charge is -2.09. The number of hydrogen-bond acceptors (Lipinski definition) is 4. The Morgan fingerprint density at radius 3 is 2.38 bits per heavy atom. The molecule has 0 radical (unpaired) electrons. The first kappa shape index (κ1) is 20.8. The first-order chi connectivity index (χ1) is 16.7. The molecule has 6 aromatic rings. The van der Waals surface area contributed by atoms with Crippen molar-refractivity contribution in [3.05, 3.63) is 101 Å². The second kappa shape index (κ2) is 8.52. The van der Waals surface area contributed by atoms with Crippen LogP contribution in [0.15, 0.2) is 99.8 Å². The molecular formula is C27H22N4O2S. The van der Waals surface area contributed by atoms with Gasteiger partial charge in [-0.3, -0.25) is 9.36 Å². The van der Waals surface area contributed by atoms with Crippen LogP contribution >= 0.6 is 11.8 Å². The van der Waals surface area contributed by atoms with E-state index in [9.17, 15) is 4.79 Å². The number of pyridine rings is 1. The molecule has 0 saturated carbocycles. The topological polar surface area (TPSA) is 64.8 Å². The van der Waals surface area contributed by atoms with Crippen molar-refractivity contribution in [3.8, 4) is 0 Å². The number of para-hydroxylation sites is 1. The molecule has 168 valence electrons. The Bertz CT molecular complexity index is 1680. The van der Waals surface area contributed by atoms with E-state index in [4.69, 9.17) is 9.72 Å². The maximum absolute atomic E-state index is 13.3. The van der Waals surface area contributed by atoms with Gasteiger partial charge in [-0.05, 0) is 23.8 Å². The molecule has 0 atom stereocenters. The molecule has 3 aromatic heterocycles. The number of imidazole rings is 1. The molecule has 0 bridgehead atoms. The minimum absolute atomic E-state index is 0.204. The number of nitrogens with one attached hydrogen (secondary N) is 1. The number of aromatic nitrogens is 4. The molecule has 0 spiro atoms. The van der Waals surface area contributed by atoms with Crippen LogP contribution in [-0.4, -0.2) is 26.2 Å². The summed E-state index contributed by atoms with van der Waals surface area (Å²) in [5.74, 6) is 0. The quantitative estimate of drug-likeness (QED) is 0.345. The summed E-state index contributed by atoms with van der Waals surface area (Å²) < 4.78 is 9.75. The fraction of sp³-hybridized carbons (Fsp3) is 0.111. The highest BCUT2D eigenvalue weighted by atomic mass is 32.2. The first-order valence-corrected chi connectivity index (χ1v) is 11.9. The summed E-state index contributed by atoms with van der Waals surface area (Å²) in [6.07, 6.45) is 0. The number of H-pyrrole nitrogens is 1. The van der Waals surface area contributed by atoms with E-state index in [2.05, 4.69) is 33.8 Å². The zero-order valence-electron chi connectivity index (χ0n) is 18.6. The van der Waals surface area contributed by atoms with Gasteiger partial charge in [-0.15, -0.1) is 0 Å². The number of ether oxygens (including phenoxy) is 1. The van der Waals surface area contributed by atoms with Gasteiger partial charge in [0.05, 0.1) is 16.4 Å². The third kappa shape index (κ3) is 3.41. The molecule has 3 aromatic carbocycles. The number of hydrogen-bond donors (Lipinski definition) is 1. The average molecular weight is 467 g/mol. The van der Waals surface area contributed by atoms with E-state index in [0.717, 1.165) is 43.1 Å². The molecule has 6 rings (SSSR count). The fourth-order valence-electron chi connectivity index (χ4n) is 4.53. The van der Waals surface area contributed by atoms with Crippen LogP contribution in [0.25, 0.3) is 33.0 Å². The predicted molar refractivity (Wildman–Crippen MR) is 136 cm³/mol. The molecule has 0 aliphatic rings. The van der Waals surface area contributed by atoms with E-state index in [1.165, 1.54) is 11.8 Å². The Morgan fingerprint density at radius 1 is 0.912 bits per heavy atom. The molecule has 1 N–H and O–H groups in total. The molecule has 3 heterocycles. The number of nitrogens with zero attached hydrogens (tertiary/aromatic N) is 3. The molecule has 0 saturated heterocycles. The fourth-order valence-corrected chi connectivity index (χ4v) is 5.43. The SMILES string of the molecule is COCn1c(Sc2ccccc2)nc2c(=O)[nH]c3c(c4ccccc4n3Cc3ccccc3)c21. The van der Waals surface area contributed by atoms with Gasteiger partial charge in [-0.25, -0.2) is 4.98 Å². The van der Waals surface area contributed by atoms with Crippen molar-refractivity contribution in [1.82, 2.24) is 19.1 Å². The Labute approximate surface area is 199 Å². The van der Waals surface area contributed by atoms with E-state index >= 15 is 0 Å². The summed E-state index contributed by atoms with van der Waals surface area (Å²) in [5.41, 5.74) is 4.02. The van der Waals surface area contributed by atoms with Crippen molar-refractivity contribution in [2.24, 2.45) is 0 Å². The molecule has 0 fully saturated rings. The highest BCUT2D eigenvalue weighted by molar-refractivity contribution is 7.99. The van der Waals surface area contributed by atoms with Crippen LogP contribution in [0.3, 0.4) is 0 Å². The molecule has 0 aliphatic heterocycles. The van der Waals surface area contributed by atoms with Crippen LogP contribution in [-0.2, 0) is 18.0 Å². The second-order valence-electron chi connectivity index (χ2n) is 8.12. The van der Waals surface area contributed by atoms with Gasteiger partial charge in [0.15, 0.2) is 10.7 Å². The molecular weight excluding hydrogens is 444 g/mol. The number of aromatic amines is 1. The second-order valence-corrected chi connectivity index (χ2v) is 9.16. The number of rotatable bonds is 6. The van der Waals surface area contributed by atoms with Crippen molar-refractivity contribution >= 4 is 44.7 Å². The number of methoxy groups -OCH3 is 1. The summed E-state index contributed by atoms with van der Waals surface area (Å²) >= 11 is 1.52. The van der Waals surface area contributed by atoms with Crippen LogP contribution in [0.4, 0.5) is 0 Å². The predicted octanol–water partition coefficient (Wildman–Crippen LogP) is 5.64. The van der Waals surface area contributed by atoms with E-state index < -0.39 is 0 Å². The summed E-state index contributed by atoms with van der Waals surface area (Å²) in [6, 6.07) is 28.6. The molecule has 0 amide bonds. The van der Waals surface area contributed by atoms with E-state index in [1.807, 2.05) is 65.2 Å². The summed E-state index contributed by atoms with van der Waals surface area (Å²) in [6.45, 7) is 0.943. The van der Waals surface area contributed by atoms with Gasteiger partial charge in [-0.1, -0.05) is 78.5 Å². The standard InChI is InChI=1S/C27H22N4O2S/c1-33-17-31-24-22-20-14-8-9-15-21(20)30(16-18-10-4-2-5-11-18)25(22)29-26(32)23(24)28-27(31)34-19-12-6-3-7-13-19/h2-15H,16-17H2,1H3,(H,29,32). The minimum Gasteiger partial charge on any atom is -0.364 e. The first-order valence-electron chi connectivity index (χ1n) is 11.0. The molecule has 6 nitrogen and oxygen atoms in total. The zero-order valence-corrected chi connectivity index (χ0v) is 19.4. The largest absolute Gasteiger partial charge is 0.364 e. The van der Waals surface area contributed by atoms with Crippen molar-refractivity contribution in [2.75, 3.05) is 7.11 Å². The monoisotopic (exact) mass is 466 g/mol. The minimum atomic E-state index is -0.204. The summed E-state index contributed by atoms with van der Waals surface area (Å²) in [5, 5.41) is 2.77. The van der Waals surface area contributed by atoms with Gasteiger partial charge in [0.2, 0.25) is 0 Å². The molecule has 0 unspecified atom stereocenters. The van der Waals surface area contributed by atoms with Gasteiger partial charge < -0.3 is 14.3 Å². The van der Waals surface area contributed by atoms with Gasteiger partial charge in [-0.2, -0.15) is 0 Å². The van der Waals surface area contributed by atoms with Crippen LogP contribution < -0.4 is 5.56 Å². The Hall–Kier alpha value is -3.81. The highest BCUT2D eigenvalue weighted by Crippen LogP contribution is 2.36. The summed E-state index contributed by atoms with van der Waals surface area (Å²) in [4.78, 5) is 22.3. The summed E-state index contributed by atoms with van der Waals surface area (Å²) in [7, 11) is 1.66. The average Bonchev–Trinajstić information content (AvgIpc) is 3.37. The van der Waals surface area contributed by atoms with Gasteiger partial charge >= 0.3 is 0 Å². The maximum Gasteiger partial charge on any atom is 0.277 e. The van der Waals surface area contributed by atoms with Gasteiger partial charge in [0.1, 0.15) is 12.4 Å². The molecule has 7 heteroatoms. The number of benzene rings is 3. The molecule has 34 heavy (non-hydrogen) atoms. The van der Waals surface area contributed by atoms with Crippen LogP contribution in [0.5, 0.6) is 0 Å². The van der Waals surface area contributed by atoms with Crippen molar-refractivity contribution < 1.29 is 4.74 Å². The van der Waals surface area contributed by atoms with Crippen LogP contribution in [0, 0.1) is 0 Å². The highest BCUT2D eigenvalue weighted by Gasteiger charge is 2.22. The lowest BCUT2D eigenvalue weighted by atomic mass is 10.2. The van der Waals surface area contributed by atoms with Gasteiger partial charge in [0, 0.05) is 23.9 Å². The maximum atomic E-state index is 13.3. The van der Waals surface area contributed by atoms with Crippen molar-refractivity contribution in [1.29, 1.82) is 0 Å². The van der Waals surface area contributed by atoms with Crippen molar-refractivity contribution in [2.45, 2.75) is 23.3 Å². The normalized spacial score (nSPS) is 11.7. The van der Waals surface area contributed by atoms with Crippen molar-refractivity contribution in [3.63, 3.8) is 0 Å². The zero-order chi connectivity index (χ0) is 23.1. The third-order valence-corrected chi connectivity index (χ3v) is 6.98. The Balaban J connectivity index is 1.67. The van der Waals surface area contributed by atoms with E-state index in [0.29, 0.717) is 18.8 Å². The third-order valence-electron chi connectivity index (χ3n) is 5.98. The molecule has 0 aliphatic carbocycles. The lowest BCUT2D eigenvalue weighted by Crippen LogP contribution is -2.10.